The molecule has 0 fully saturated rings. The van der Waals surface area contributed by atoms with Gasteiger partial charge in [-0.15, -0.1) is 0 Å². The predicted octanol–water partition coefficient (Wildman–Crippen LogP) is 6.77. The fourth-order valence-electron chi connectivity index (χ4n) is 3.66. The lowest BCUT2D eigenvalue weighted by molar-refractivity contribution is -0.141. The summed E-state index contributed by atoms with van der Waals surface area (Å²) in [5.41, 5.74) is 3.23. The van der Waals surface area contributed by atoms with Crippen LogP contribution < -0.4 is 5.32 Å². The molecule has 0 saturated heterocycles. The molecule has 0 bridgehead atoms. The standard InChI is InChI=1S/C27H36Cl2N2O2/c1-6-19(5)30-27(33)25(7-2)31(17-21-10-14-23(28)24(29)16-21)26(32)15-11-20-8-12-22(13-9-20)18(3)4/h8-10,12-14,16,18-19,25H,6-7,11,15,17H2,1-5H3,(H,30,33)/t19-,25-/m1/s1. The van der Waals surface area contributed by atoms with Crippen molar-refractivity contribution in [2.24, 2.45) is 0 Å². The smallest absolute Gasteiger partial charge is 0.243 e. The number of carbonyl (C=O) groups is 2. The van der Waals surface area contributed by atoms with Gasteiger partial charge in [-0.2, -0.15) is 0 Å². The Kier molecular flexibility index (Phi) is 10.7. The highest BCUT2D eigenvalue weighted by Gasteiger charge is 2.29. The SMILES string of the molecule is CC[C@@H](C)NC(=O)[C@@H](CC)N(Cc1ccc(Cl)c(Cl)c1)C(=O)CCc1ccc(C(C)C)cc1. The maximum absolute atomic E-state index is 13.4. The van der Waals surface area contributed by atoms with Gasteiger partial charge in [-0.05, 0) is 60.9 Å². The number of nitrogens with zero attached hydrogens (tertiary/aromatic N) is 1. The summed E-state index contributed by atoms with van der Waals surface area (Å²) in [6, 6.07) is 13.2. The van der Waals surface area contributed by atoms with Gasteiger partial charge in [-0.25, -0.2) is 0 Å². The summed E-state index contributed by atoms with van der Waals surface area (Å²) in [7, 11) is 0. The van der Waals surface area contributed by atoms with E-state index in [0.29, 0.717) is 41.8 Å². The fourth-order valence-corrected chi connectivity index (χ4v) is 3.98. The zero-order valence-electron chi connectivity index (χ0n) is 20.3. The van der Waals surface area contributed by atoms with Gasteiger partial charge >= 0.3 is 0 Å². The summed E-state index contributed by atoms with van der Waals surface area (Å²) in [4.78, 5) is 28.1. The van der Waals surface area contributed by atoms with Gasteiger partial charge in [0.2, 0.25) is 11.8 Å². The molecule has 4 nitrogen and oxygen atoms in total. The first-order chi connectivity index (χ1) is 15.7. The van der Waals surface area contributed by atoms with Crippen molar-refractivity contribution in [3.63, 3.8) is 0 Å². The summed E-state index contributed by atoms with van der Waals surface area (Å²) >= 11 is 12.3. The van der Waals surface area contributed by atoms with E-state index in [2.05, 4.69) is 43.4 Å². The third kappa shape index (κ3) is 8.04. The first-order valence-electron chi connectivity index (χ1n) is 11.8. The summed E-state index contributed by atoms with van der Waals surface area (Å²) in [5, 5.41) is 3.93. The minimum atomic E-state index is -0.552. The van der Waals surface area contributed by atoms with E-state index in [1.54, 1.807) is 17.0 Å². The van der Waals surface area contributed by atoms with E-state index in [1.165, 1.54) is 5.56 Å². The number of amides is 2. The van der Waals surface area contributed by atoms with E-state index in [1.807, 2.05) is 26.8 Å². The lowest BCUT2D eigenvalue weighted by atomic mass is 10.00. The van der Waals surface area contributed by atoms with Gasteiger partial charge in [0.05, 0.1) is 10.0 Å². The van der Waals surface area contributed by atoms with Crippen molar-refractivity contribution in [2.45, 2.75) is 84.8 Å². The molecule has 0 heterocycles. The van der Waals surface area contributed by atoms with Crippen LogP contribution in [0.15, 0.2) is 42.5 Å². The van der Waals surface area contributed by atoms with Gasteiger partial charge in [0.1, 0.15) is 6.04 Å². The molecule has 0 aromatic heterocycles. The summed E-state index contributed by atoms with van der Waals surface area (Å²) < 4.78 is 0. The van der Waals surface area contributed by atoms with E-state index >= 15 is 0 Å². The predicted molar refractivity (Wildman–Crippen MR) is 138 cm³/mol. The maximum Gasteiger partial charge on any atom is 0.243 e. The number of nitrogens with one attached hydrogen (secondary N) is 1. The zero-order valence-corrected chi connectivity index (χ0v) is 21.8. The van der Waals surface area contributed by atoms with Crippen LogP contribution in [0, 0.1) is 0 Å². The Morgan fingerprint density at radius 1 is 0.909 bits per heavy atom. The average Bonchev–Trinajstić information content (AvgIpc) is 2.79. The number of rotatable bonds is 11. The number of aryl methyl sites for hydroxylation is 1. The van der Waals surface area contributed by atoms with E-state index in [-0.39, 0.29) is 17.9 Å². The number of benzene rings is 2. The van der Waals surface area contributed by atoms with Crippen molar-refractivity contribution in [3.05, 3.63) is 69.2 Å². The Labute approximate surface area is 208 Å². The van der Waals surface area contributed by atoms with E-state index in [4.69, 9.17) is 23.2 Å². The third-order valence-electron chi connectivity index (χ3n) is 6.00. The Morgan fingerprint density at radius 2 is 1.55 bits per heavy atom. The zero-order chi connectivity index (χ0) is 24.5. The summed E-state index contributed by atoms with van der Waals surface area (Å²) in [6.07, 6.45) is 2.31. The molecule has 180 valence electrons. The first kappa shape index (κ1) is 27.2. The van der Waals surface area contributed by atoms with Crippen LogP contribution in [0.1, 0.15) is 76.5 Å². The van der Waals surface area contributed by atoms with Crippen molar-refractivity contribution >= 4 is 35.0 Å². The van der Waals surface area contributed by atoms with Crippen LogP contribution in [-0.4, -0.2) is 28.8 Å². The highest BCUT2D eigenvalue weighted by Crippen LogP contribution is 2.24. The van der Waals surface area contributed by atoms with E-state index in [9.17, 15) is 9.59 Å². The third-order valence-corrected chi connectivity index (χ3v) is 6.74. The largest absolute Gasteiger partial charge is 0.352 e. The van der Waals surface area contributed by atoms with Gasteiger partial charge in [0.25, 0.3) is 0 Å². The van der Waals surface area contributed by atoms with Crippen LogP contribution in [0.3, 0.4) is 0 Å². The van der Waals surface area contributed by atoms with Gasteiger partial charge < -0.3 is 10.2 Å². The molecule has 1 N–H and O–H groups in total. The molecule has 0 unspecified atom stereocenters. The van der Waals surface area contributed by atoms with E-state index in [0.717, 1.165) is 17.5 Å². The molecule has 2 aromatic rings. The number of halogens is 2. The minimum absolute atomic E-state index is 0.0490. The van der Waals surface area contributed by atoms with Crippen molar-refractivity contribution in [3.8, 4) is 0 Å². The number of hydrogen-bond donors (Lipinski definition) is 1. The van der Waals surface area contributed by atoms with Gasteiger partial charge in [0, 0.05) is 19.0 Å². The lowest BCUT2D eigenvalue weighted by Crippen LogP contribution is -2.50. The summed E-state index contributed by atoms with van der Waals surface area (Å²) in [6.45, 7) is 10.5. The minimum Gasteiger partial charge on any atom is -0.352 e. The highest BCUT2D eigenvalue weighted by atomic mass is 35.5. The Morgan fingerprint density at radius 3 is 2.09 bits per heavy atom. The van der Waals surface area contributed by atoms with E-state index < -0.39 is 6.04 Å². The van der Waals surface area contributed by atoms with Crippen molar-refractivity contribution in [1.82, 2.24) is 10.2 Å². The average molecular weight is 492 g/mol. The molecule has 0 spiro atoms. The highest BCUT2D eigenvalue weighted by molar-refractivity contribution is 6.42. The van der Waals surface area contributed by atoms with Crippen LogP contribution in [-0.2, 0) is 22.6 Å². The Hall–Kier alpha value is -2.04. The second kappa shape index (κ2) is 13.0. The molecular weight excluding hydrogens is 455 g/mol. The Balaban J connectivity index is 2.22. The molecule has 0 aliphatic carbocycles. The maximum atomic E-state index is 13.4. The van der Waals surface area contributed by atoms with Crippen LogP contribution in [0.2, 0.25) is 10.0 Å². The second-order valence-corrected chi connectivity index (χ2v) is 9.72. The molecule has 2 amide bonds. The first-order valence-corrected chi connectivity index (χ1v) is 12.5. The van der Waals surface area contributed by atoms with Crippen LogP contribution in [0.25, 0.3) is 0 Å². The number of carbonyl (C=O) groups excluding carboxylic acids is 2. The Bertz CT molecular complexity index is 928. The molecule has 6 heteroatoms. The molecule has 0 aliphatic heterocycles. The van der Waals surface area contributed by atoms with Crippen molar-refractivity contribution in [2.75, 3.05) is 0 Å². The van der Waals surface area contributed by atoms with Crippen molar-refractivity contribution in [1.29, 1.82) is 0 Å². The molecule has 2 rings (SSSR count). The molecule has 2 aromatic carbocycles. The molecule has 0 saturated carbocycles. The molecule has 0 aliphatic rings. The fraction of sp³-hybridized carbons (Fsp3) is 0.481. The topological polar surface area (TPSA) is 49.4 Å². The lowest BCUT2D eigenvalue weighted by Gasteiger charge is -2.31. The van der Waals surface area contributed by atoms with Crippen LogP contribution in [0.4, 0.5) is 0 Å². The monoisotopic (exact) mass is 490 g/mol. The number of hydrogen-bond acceptors (Lipinski definition) is 2. The molecular formula is C27H36Cl2N2O2. The van der Waals surface area contributed by atoms with Gasteiger partial charge in [-0.3, -0.25) is 9.59 Å². The van der Waals surface area contributed by atoms with Crippen LogP contribution >= 0.6 is 23.2 Å². The molecule has 0 radical (unpaired) electrons. The second-order valence-electron chi connectivity index (χ2n) is 8.91. The normalized spacial score (nSPS) is 13.0. The molecule has 2 atom stereocenters. The van der Waals surface area contributed by atoms with Gasteiger partial charge in [-0.1, -0.05) is 81.2 Å². The molecule has 33 heavy (non-hydrogen) atoms. The van der Waals surface area contributed by atoms with Crippen LogP contribution in [0.5, 0.6) is 0 Å². The quantitative estimate of drug-likeness (QED) is 0.377. The van der Waals surface area contributed by atoms with Crippen molar-refractivity contribution < 1.29 is 9.59 Å². The van der Waals surface area contributed by atoms with Gasteiger partial charge in [0.15, 0.2) is 0 Å². The summed E-state index contributed by atoms with van der Waals surface area (Å²) in [5.74, 6) is 0.290.